The van der Waals surface area contributed by atoms with Gasteiger partial charge in [0.25, 0.3) is 0 Å². The Kier molecular flexibility index (Phi) is 5.85. The van der Waals surface area contributed by atoms with Crippen LogP contribution in [0.4, 0.5) is 0 Å². The van der Waals surface area contributed by atoms with Gasteiger partial charge in [0.05, 0.1) is 5.02 Å². The molecule has 0 saturated heterocycles. The molecule has 1 atom stereocenters. The largest absolute Gasteiger partial charge is 0.310 e. The summed E-state index contributed by atoms with van der Waals surface area (Å²) in [4.78, 5) is 4.02. The predicted octanol–water partition coefficient (Wildman–Crippen LogP) is 5.04. The maximum atomic E-state index is 6.20. The minimum atomic E-state index is 0.173. The molecule has 1 aromatic heterocycles. The molecule has 0 bridgehead atoms. The van der Waals surface area contributed by atoms with Gasteiger partial charge in [-0.15, -0.1) is 0 Å². The van der Waals surface area contributed by atoms with Crippen molar-refractivity contribution >= 4 is 39.1 Å². The zero-order valence-electron chi connectivity index (χ0n) is 11.0. The minimum absolute atomic E-state index is 0.173. The van der Waals surface area contributed by atoms with E-state index in [1.807, 2.05) is 24.3 Å². The average molecular weight is 374 g/mol. The van der Waals surface area contributed by atoms with E-state index in [9.17, 15) is 0 Å². The molecule has 20 heavy (non-hydrogen) atoms. The second kappa shape index (κ2) is 7.41. The van der Waals surface area contributed by atoms with Gasteiger partial charge < -0.3 is 5.32 Å². The van der Waals surface area contributed by atoms with Crippen molar-refractivity contribution in [1.29, 1.82) is 0 Å². The normalized spacial score (nSPS) is 12.4. The molecule has 0 aliphatic heterocycles. The molecule has 2 aromatic rings. The summed E-state index contributed by atoms with van der Waals surface area (Å²) < 4.78 is 1.00. The molecule has 0 amide bonds. The molecular formula is C15H15BrCl2N2. The standard InChI is InChI=1S/C15H15BrCl2N2/c1-2-20-15(7-10-5-6-19-9-14(10)18)12-4-3-11(17)8-13(12)16/h3-6,8-9,15,20H,2,7H2,1H3. The van der Waals surface area contributed by atoms with E-state index in [0.29, 0.717) is 5.02 Å². The van der Waals surface area contributed by atoms with Crippen molar-refractivity contribution in [3.05, 3.63) is 62.3 Å². The van der Waals surface area contributed by atoms with E-state index < -0.39 is 0 Å². The average Bonchev–Trinajstić information content (AvgIpc) is 2.41. The van der Waals surface area contributed by atoms with Gasteiger partial charge in [-0.05, 0) is 42.3 Å². The van der Waals surface area contributed by atoms with Crippen molar-refractivity contribution in [2.24, 2.45) is 0 Å². The van der Waals surface area contributed by atoms with Crippen LogP contribution >= 0.6 is 39.1 Å². The van der Waals surface area contributed by atoms with E-state index >= 15 is 0 Å². The Balaban J connectivity index is 2.29. The Morgan fingerprint density at radius 1 is 1.30 bits per heavy atom. The molecule has 2 rings (SSSR count). The lowest BCUT2D eigenvalue weighted by molar-refractivity contribution is 0.548. The predicted molar refractivity (Wildman–Crippen MR) is 88.5 cm³/mol. The molecule has 106 valence electrons. The van der Waals surface area contributed by atoms with Crippen LogP contribution in [0.1, 0.15) is 24.1 Å². The Morgan fingerprint density at radius 3 is 2.75 bits per heavy atom. The van der Waals surface area contributed by atoms with E-state index in [1.54, 1.807) is 12.4 Å². The fourth-order valence-corrected chi connectivity index (χ4v) is 3.27. The molecule has 1 aromatic carbocycles. The summed E-state index contributed by atoms with van der Waals surface area (Å²) in [6, 6.07) is 7.98. The van der Waals surface area contributed by atoms with Gasteiger partial charge in [0, 0.05) is 27.9 Å². The fourth-order valence-electron chi connectivity index (χ4n) is 2.11. The molecule has 0 fully saturated rings. The highest BCUT2D eigenvalue weighted by Crippen LogP contribution is 2.30. The molecule has 0 aliphatic rings. The molecule has 5 heteroatoms. The third-order valence-corrected chi connectivity index (χ3v) is 4.33. The molecular weight excluding hydrogens is 359 g/mol. The number of pyridine rings is 1. The third kappa shape index (κ3) is 3.95. The van der Waals surface area contributed by atoms with E-state index in [2.05, 4.69) is 33.2 Å². The van der Waals surface area contributed by atoms with Gasteiger partial charge in [-0.3, -0.25) is 4.98 Å². The molecule has 0 saturated carbocycles. The highest BCUT2D eigenvalue weighted by molar-refractivity contribution is 9.10. The van der Waals surface area contributed by atoms with Crippen LogP contribution in [0.5, 0.6) is 0 Å². The quantitative estimate of drug-likeness (QED) is 0.793. The summed E-state index contributed by atoms with van der Waals surface area (Å²) in [5.74, 6) is 0. The summed E-state index contributed by atoms with van der Waals surface area (Å²) in [7, 11) is 0. The second-order valence-corrected chi connectivity index (χ2v) is 6.15. The summed E-state index contributed by atoms with van der Waals surface area (Å²) >= 11 is 15.8. The van der Waals surface area contributed by atoms with E-state index in [-0.39, 0.29) is 6.04 Å². The van der Waals surface area contributed by atoms with Gasteiger partial charge >= 0.3 is 0 Å². The zero-order valence-corrected chi connectivity index (χ0v) is 14.1. The number of hydrogen-bond donors (Lipinski definition) is 1. The monoisotopic (exact) mass is 372 g/mol. The molecule has 0 aliphatic carbocycles. The molecule has 2 nitrogen and oxygen atoms in total. The lowest BCUT2D eigenvalue weighted by Gasteiger charge is -2.20. The van der Waals surface area contributed by atoms with Gasteiger partial charge in [-0.25, -0.2) is 0 Å². The van der Waals surface area contributed by atoms with Gasteiger partial charge in [-0.1, -0.05) is 52.1 Å². The summed E-state index contributed by atoms with van der Waals surface area (Å²) in [6.45, 7) is 2.97. The van der Waals surface area contributed by atoms with Crippen LogP contribution in [0.15, 0.2) is 41.1 Å². The smallest absolute Gasteiger partial charge is 0.0622 e. The van der Waals surface area contributed by atoms with Crippen LogP contribution in [0.2, 0.25) is 10.0 Å². The fraction of sp³-hybridized carbons (Fsp3) is 0.267. The van der Waals surface area contributed by atoms with Gasteiger partial charge in [0.2, 0.25) is 0 Å². The van der Waals surface area contributed by atoms with Crippen LogP contribution in [0, 0.1) is 0 Å². The van der Waals surface area contributed by atoms with Gasteiger partial charge in [-0.2, -0.15) is 0 Å². The highest BCUT2D eigenvalue weighted by Gasteiger charge is 2.16. The molecule has 1 N–H and O–H groups in total. The number of rotatable bonds is 5. The van der Waals surface area contributed by atoms with Crippen LogP contribution < -0.4 is 5.32 Å². The van der Waals surface area contributed by atoms with Gasteiger partial charge in [0.1, 0.15) is 0 Å². The van der Waals surface area contributed by atoms with Crippen LogP contribution in [0.3, 0.4) is 0 Å². The lowest BCUT2D eigenvalue weighted by atomic mass is 9.99. The number of aromatic nitrogens is 1. The maximum Gasteiger partial charge on any atom is 0.0622 e. The maximum absolute atomic E-state index is 6.20. The van der Waals surface area contributed by atoms with Crippen molar-refractivity contribution in [1.82, 2.24) is 10.3 Å². The minimum Gasteiger partial charge on any atom is -0.310 e. The number of likely N-dealkylation sites (N-methyl/N-ethyl adjacent to an activating group) is 1. The SMILES string of the molecule is CCNC(Cc1ccncc1Cl)c1ccc(Cl)cc1Br. The van der Waals surface area contributed by atoms with Crippen molar-refractivity contribution in [2.45, 2.75) is 19.4 Å². The zero-order chi connectivity index (χ0) is 14.5. The summed E-state index contributed by atoms with van der Waals surface area (Å²) in [6.07, 6.45) is 4.24. The topological polar surface area (TPSA) is 24.9 Å². The molecule has 1 unspecified atom stereocenters. The van der Waals surface area contributed by atoms with Crippen molar-refractivity contribution in [3.8, 4) is 0 Å². The van der Waals surface area contributed by atoms with Crippen molar-refractivity contribution < 1.29 is 0 Å². The van der Waals surface area contributed by atoms with Crippen LogP contribution in [-0.2, 0) is 6.42 Å². The number of benzene rings is 1. The first-order valence-electron chi connectivity index (χ1n) is 6.38. The van der Waals surface area contributed by atoms with Crippen LogP contribution in [-0.4, -0.2) is 11.5 Å². The van der Waals surface area contributed by atoms with Crippen molar-refractivity contribution in [2.75, 3.05) is 6.54 Å². The summed E-state index contributed by atoms with van der Waals surface area (Å²) in [5.41, 5.74) is 2.25. The Hall–Kier alpha value is -0.610. The third-order valence-electron chi connectivity index (χ3n) is 3.07. The Bertz CT molecular complexity index is 590. The number of hydrogen-bond acceptors (Lipinski definition) is 2. The first-order chi connectivity index (χ1) is 9.61. The number of nitrogens with zero attached hydrogens (tertiary/aromatic N) is 1. The summed E-state index contributed by atoms with van der Waals surface area (Å²) in [5, 5.41) is 4.90. The molecule has 0 radical (unpaired) electrons. The number of nitrogens with one attached hydrogen (secondary N) is 1. The highest BCUT2D eigenvalue weighted by atomic mass is 79.9. The van der Waals surface area contributed by atoms with E-state index in [1.165, 1.54) is 5.56 Å². The van der Waals surface area contributed by atoms with Gasteiger partial charge in [0.15, 0.2) is 0 Å². The first kappa shape index (κ1) is 15.8. The number of halogens is 3. The Morgan fingerprint density at radius 2 is 2.10 bits per heavy atom. The first-order valence-corrected chi connectivity index (χ1v) is 7.93. The molecule has 0 spiro atoms. The second-order valence-electron chi connectivity index (χ2n) is 4.45. The molecule has 1 heterocycles. The van der Waals surface area contributed by atoms with Crippen LogP contribution in [0.25, 0.3) is 0 Å². The van der Waals surface area contributed by atoms with Crippen molar-refractivity contribution in [3.63, 3.8) is 0 Å². The Labute approximate surface area is 137 Å². The lowest BCUT2D eigenvalue weighted by Crippen LogP contribution is -2.23. The van der Waals surface area contributed by atoms with E-state index in [4.69, 9.17) is 23.2 Å². The van der Waals surface area contributed by atoms with E-state index in [0.717, 1.165) is 28.0 Å².